The minimum absolute atomic E-state index is 0.182. The fourth-order valence-corrected chi connectivity index (χ4v) is 2.98. The highest BCUT2D eigenvalue weighted by Crippen LogP contribution is 2.16. The maximum absolute atomic E-state index is 12.3. The average molecular weight is 379 g/mol. The lowest BCUT2D eigenvalue weighted by molar-refractivity contribution is 0.0961. The van der Waals surface area contributed by atoms with Gasteiger partial charge in [0.25, 0.3) is 17.7 Å². The zero-order valence-corrected chi connectivity index (χ0v) is 15.3. The Kier molecular flexibility index (Phi) is 5.63. The van der Waals surface area contributed by atoms with E-state index in [0.29, 0.717) is 27.4 Å². The summed E-state index contributed by atoms with van der Waals surface area (Å²) < 4.78 is 0. The van der Waals surface area contributed by atoms with Crippen LogP contribution in [-0.4, -0.2) is 24.8 Å². The molecule has 2 aromatic carbocycles. The summed E-state index contributed by atoms with van der Waals surface area (Å²) in [5, 5.41) is 9.93. The molecule has 0 fully saturated rings. The van der Waals surface area contributed by atoms with E-state index in [1.54, 1.807) is 61.6 Å². The number of anilines is 2. The molecule has 1 aromatic heterocycles. The van der Waals surface area contributed by atoms with Gasteiger partial charge in [0, 0.05) is 29.5 Å². The Hall–Kier alpha value is -3.45. The van der Waals surface area contributed by atoms with Gasteiger partial charge in [-0.15, -0.1) is 11.3 Å². The summed E-state index contributed by atoms with van der Waals surface area (Å²) >= 11 is 1.36. The molecule has 3 aromatic rings. The number of rotatable bonds is 5. The van der Waals surface area contributed by atoms with Crippen LogP contribution in [0.5, 0.6) is 0 Å². The highest BCUT2D eigenvalue weighted by atomic mass is 32.1. The summed E-state index contributed by atoms with van der Waals surface area (Å²) in [6, 6.07) is 16.8. The molecule has 136 valence electrons. The zero-order chi connectivity index (χ0) is 19.2. The number of thiophene rings is 1. The van der Waals surface area contributed by atoms with E-state index in [9.17, 15) is 14.4 Å². The molecule has 0 bridgehead atoms. The maximum Gasteiger partial charge on any atom is 0.265 e. The van der Waals surface area contributed by atoms with Crippen molar-refractivity contribution >= 4 is 40.4 Å². The van der Waals surface area contributed by atoms with E-state index >= 15 is 0 Å². The first kappa shape index (κ1) is 18.3. The van der Waals surface area contributed by atoms with Crippen molar-refractivity contribution in [3.8, 4) is 0 Å². The first-order valence-electron chi connectivity index (χ1n) is 8.15. The van der Waals surface area contributed by atoms with Crippen molar-refractivity contribution in [3.63, 3.8) is 0 Å². The van der Waals surface area contributed by atoms with Gasteiger partial charge in [0.2, 0.25) is 0 Å². The van der Waals surface area contributed by atoms with E-state index in [2.05, 4.69) is 16.0 Å². The molecule has 0 spiro atoms. The fraction of sp³-hybridized carbons (Fsp3) is 0.0500. The predicted octanol–water partition coefficient (Wildman–Crippen LogP) is 3.61. The van der Waals surface area contributed by atoms with Gasteiger partial charge >= 0.3 is 0 Å². The van der Waals surface area contributed by atoms with Crippen molar-refractivity contribution < 1.29 is 14.4 Å². The van der Waals surface area contributed by atoms with Gasteiger partial charge in [0.1, 0.15) is 0 Å². The molecule has 0 unspecified atom stereocenters. The van der Waals surface area contributed by atoms with Crippen LogP contribution < -0.4 is 16.0 Å². The third kappa shape index (κ3) is 4.59. The molecule has 0 aliphatic heterocycles. The second-order valence-electron chi connectivity index (χ2n) is 5.62. The molecular weight excluding hydrogens is 362 g/mol. The standard InChI is InChI=1S/C20H17N3O3S/c1-21-18(24)13-4-8-15(9-5-13)22-19(25)14-6-10-16(11-7-14)23-20(26)17-3-2-12-27-17/h2-12H,1H3,(H,21,24)(H,22,25)(H,23,26). The summed E-state index contributed by atoms with van der Waals surface area (Å²) in [7, 11) is 1.56. The van der Waals surface area contributed by atoms with Crippen molar-refractivity contribution in [2.75, 3.05) is 17.7 Å². The molecule has 0 aliphatic rings. The number of hydrogen-bond acceptors (Lipinski definition) is 4. The quantitative estimate of drug-likeness (QED) is 0.633. The van der Waals surface area contributed by atoms with E-state index in [-0.39, 0.29) is 17.7 Å². The SMILES string of the molecule is CNC(=O)c1ccc(NC(=O)c2ccc(NC(=O)c3cccs3)cc2)cc1. The number of nitrogens with one attached hydrogen (secondary N) is 3. The summed E-state index contributed by atoms with van der Waals surface area (Å²) in [6.07, 6.45) is 0. The fourth-order valence-electron chi connectivity index (χ4n) is 2.36. The lowest BCUT2D eigenvalue weighted by Crippen LogP contribution is -2.18. The number of carbonyl (C=O) groups is 3. The Bertz CT molecular complexity index is 949. The molecule has 0 aliphatic carbocycles. The Labute approximate surface area is 160 Å². The molecule has 7 heteroatoms. The molecule has 6 nitrogen and oxygen atoms in total. The molecule has 1 heterocycles. The minimum Gasteiger partial charge on any atom is -0.355 e. The van der Waals surface area contributed by atoms with Crippen LogP contribution >= 0.6 is 11.3 Å². The van der Waals surface area contributed by atoms with Crippen LogP contribution in [0.25, 0.3) is 0 Å². The molecular formula is C20H17N3O3S. The topological polar surface area (TPSA) is 87.3 Å². The van der Waals surface area contributed by atoms with E-state index in [1.165, 1.54) is 11.3 Å². The van der Waals surface area contributed by atoms with Crippen LogP contribution in [0.1, 0.15) is 30.4 Å². The Morgan fingerprint density at radius 2 is 1.22 bits per heavy atom. The van der Waals surface area contributed by atoms with E-state index in [4.69, 9.17) is 0 Å². The number of carbonyl (C=O) groups excluding carboxylic acids is 3. The summed E-state index contributed by atoms with van der Waals surface area (Å²) in [4.78, 5) is 36.5. The molecule has 3 amide bonds. The minimum atomic E-state index is -0.279. The molecule has 0 saturated carbocycles. The van der Waals surface area contributed by atoms with Crippen molar-refractivity contribution in [1.29, 1.82) is 0 Å². The highest BCUT2D eigenvalue weighted by molar-refractivity contribution is 7.12. The predicted molar refractivity (Wildman–Crippen MR) is 106 cm³/mol. The molecule has 3 N–H and O–H groups in total. The highest BCUT2D eigenvalue weighted by Gasteiger charge is 2.10. The van der Waals surface area contributed by atoms with Crippen LogP contribution in [0.15, 0.2) is 66.0 Å². The van der Waals surface area contributed by atoms with E-state index in [1.807, 2.05) is 11.4 Å². The molecule has 27 heavy (non-hydrogen) atoms. The van der Waals surface area contributed by atoms with Gasteiger partial charge < -0.3 is 16.0 Å². The molecule has 0 radical (unpaired) electrons. The largest absolute Gasteiger partial charge is 0.355 e. The first-order chi connectivity index (χ1) is 13.1. The monoisotopic (exact) mass is 379 g/mol. The van der Waals surface area contributed by atoms with Crippen LogP contribution in [-0.2, 0) is 0 Å². The van der Waals surface area contributed by atoms with Gasteiger partial charge in [-0.2, -0.15) is 0 Å². The zero-order valence-electron chi connectivity index (χ0n) is 14.5. The average Bonchev–Trinajstić information content (AvgIpc) is 3.23. The molecule has 3 rings (SSSR count). The number of amides is 3. The Balaban J connectivity index is 1.62. The van der Waals surface area contributed by atoms with Crippen LogP contribution in [0.4, 0.5) is 11.4 Å². The second kappa shape index (κ2) is 8.29. The smallest absolute Gasteiger partial charge is 0.265 e. The summed E-state index contributed by atoms with van der Waals surface area (Å²) in [5.74, 6) is -0.648. The van der Waals surface area contributed by atoms with Crippen LogP contribution in [0, 0.1) is 0 Å². The molecule has 0 saturated heterocycles. The van der Waals surface area contributed by atoms with Gasteiger partial charge in [0.05, 0.1) is 4.88 Å². The van der Waals surface area contributed by atoms with E-state index in [0.717, 1.165) is 0 Å². The summed E-state index contributed by atoms with van der Waals surface area (Å²) in [6.45, 7) is 0. The third-order valence-electron chi connectivity index (χ3n) is 3.78. The Morgan fingerprint density at radius 3 is 1.70 bits per heavy atom. The van der Waals surface area contributed by atoms with Crippen LogP contribution in [0.2, 0.25) is 0 Å². The van der Waals surface area contributed by atoms with Gasteiger partial charge in [-0.25, -0.2) is 0 Å². The number of benzene rings is 2. The number of hydrogen-bond donors (Lipinski definition) is 3. The maximum atomic E-state index is 12.3. The van der Waals surface area contributed by atoms with E-state index < -0.39 is 0 Å². The van der Waals surface area contributed by atoms with Gasteiger partial charge in [-0.1, -0.05) is 6.07 Å². The van der Waals surface area contributed by atoms with Crippen molar-refractivity contribution in [2.24, 2.45) is 0 Å². The van der Waals surface area contributed by atoms with Crippen molar-refractivity contribution in [2.45, 2.75) is 0 Å². The normalized spacial score (nSPS) is 10.1. The van der Waals surface area contributed by atoms with Gasteiger partial charge in [-0.3, -0.25) is 14.4 Å². The van der Waals surface area contributed by atoms with Crippen LogP contribution in [0.3, 0.4) is 0 Å². The van der Waals surface area contributed by atoms with Crippen molar-refractivity contribution in [3.05, 3.63) is 82.0 Å². The lowest BCUT2D eigenvalue weighted by Gasteiger charge is -2.08. The van der Waals surface area contributed by atoms with Crippen molar-refractivity contribution in [1.82, 2.24) is 5.32 Å². The first-order valence-corrected chi connectivity index (χ1v) is 9.03. The second-order valence-corrected chi connectivity index (χ2v) is 6.57. The summed E-state index contributed by atoms with van der Waals surface area (Å²) in [5.41, 5.74) is 2.17. The molecule has 0 atom stereocenters. The lowest BCUT2D eigenvalue weighted by atomic mass is 10.1. The van der Waals surface area contributed by atoms with Gasteiger partial charge in [-0.05, 0) is 60.0 Å². The third-order valence-corrected chi connectivity index (χ3v) is 4.65. The Morgan fingerprint density at radius 1 is 0.704 bits per heavy atom. The van der Waals surface area contributed by atoms with Gasteiger partial charge in [0.15, 0.2) is 0 Å².